The first-order valence-electron chi connectivity index (χ1n) is 15.4. The number of hydrogen-bond donors (Lipinski definition) is 0. The van der Waals surface area contributed by atoms with Gasteiger partial charge in [0.2, 0.25) is 0 Å². The largest absolute Gasteiger partial charge is 0.362 e. The van der Waals surface area contributed by atoms with E-state index in [1.165, 1.54) is 72.7 Å². The highest BCUT2D eigenvalue weighted by Crippen LogP contribution is 2.85. The van der Waals surface area contributed by atoms with E-state index in [-0.39, 0.29) is 17.0 Å². The van der Waals surface area contributed by atoms with Crippen LogP contribution in [0.15, 0.2) is 0 Å². The molecule has 0 aromatic heterocycles. The summed E-state index contributed by atoms with van der Waals surface area (Å²) in [4.78, 5) is 0. The summed E-state index contributed by atoms with van der Waals surface area (Å²) in [6.45, 7) is 12.2. The van der Waals surface area contributed by atoms with Crippen molar-refractivity contribution in [3.05, 3.63) is 0 Å². The molecule has 1 saturated heterocycles. The molecule has 6 nitrogen and oxygen atoms in total. The van der Waals surface area contributed by atoms with Crippen molar-refractivity contribution >= 4 is 15.2 Å². The number of hydrogen-bond acceptors (Lipinski definition) is 6. The maximum atomic E-state index is 14.3. The Morgan fingerprint density at radius 2 is 1.66 bits per heavy atom. The smallest absolute Gasteiger partial charge is 0.312 e. The molecule has 0 aromatic carbocycles. The fourth-order valence-electron chi connectivity index (χ4n) is 11.0. The average molecular weight is 573 g/mol. The van der Waals surface area contributed by atoms with E-state index in [4.69, 9.17) is 18.1 Å². The van der Waals surface area contributed by atoms with Gasteiger partial charge in [0.25, 0.3) is 0 Å². The summed E-state index contributed by atoms with van der Waals surface area (Å²) in [5, 5.41) is -1.17. The normalized spacial score (nSPS) is 49.0. The molecule has 11 atom stereocenters. The minimum Gasteiger partial charge on any atom is -0.312 e. The van der Waals surface area contributed by atoms with Gasteiger partial charge in [-0.3, -0.25) is 13.7 Å². The lowest BCUT2D eigenvalue weighted by Crippen LogP contribution is -2.59. The summed E-state index contributed by atoms with van der Waals surface area (Å²) in [5.74, 6) is 4.60. The summed E-state index contributed by atoms with van der Waals surface area (Å²) in [5.41, 5.74) is 0.00358. The van der Waals surface area contributed by atoms with Crippen LogP contribution in [0.4, 0.5) is 0 Å². The average Bonchev–Trinajstić information content (AvgIpc) is 3.38. The lowest BCUT2D eigenvalue weighted by Gasteiger charge is -2.62. The van der Waals surface area contributed by atoms with Gasteiger partial charge in [0.05, 0.1) is 5.66 Å². The summed E-state index contributed by atoms with van der Waals surface area (Å²) in [6, 6.07) is 0. The Bertz CT molecular complexity index is 978. The van der Waals surface area contributed by atoms with Crippen LogP contribution in [0.3, 0.4) is 0 Å². The molecule has 38 heavy (non-hydrogen) atoms. The maximum absolute atomic E-state index is 14.3. The highest BCUT2D eigenvalue weighted by atomic mass is 31.2. The van der Waals surface area contributed by atoms with Crippen LogP contribution in [-0.2, 0) is 27.2 Å². The second-order valence-corrected chi connectivity index (χ2v) is 19.4. The van der Waals surface area contributed by atoms with E-state index in [0.717, 1.165) is 30.1 Å². The Labute approximate surface area is 232 Å². The Morgan fingerprint density at radius 1 is 0.947 bits per heavy atom. The van der Waals surface area contributed by atoms with Crippen molar-refractivity contribution in [3.63, 3.8) is 0 Å². The molecule has 1 unspecified atom stereocenters. The predicted molar refractivity (Wildman–Crippen MR) is 152 cm³/mol. The van der Waals surface area contributed by atoms with Crippen LogP contribution in [0.2, 0.25) is 0 Å². The monoisotopic (exact) mass is 572 g/mol. The third kappa shape index (κ3) is 4.16. The van der Waals surface area contributed by atoms with Crippen molar-refractivity contribution in [3.8, 4) is 0 Å². The molecule has 0 spiro atoms. The molecule has 5 rings (SSSR count). The van der Waals surface area contributed by atoms with E-state index >= 15 is 0 Å². The molecular weight excluding hydrogens is 518 g/mol. The molecule has 0 amide bonds. The van der Waals surface area contributed by atoms with E-state index in [2.05, 4.69) is 34.6 Å². The third-order valence-corrected chi connectivity index (χ3v) is 18.0. The molecule has 4 aliphatic carbocycles. The van der Waals surface area contributed by atoms with E-state index < -0.39 is 20.5 Å². The predicted octanol–water partition coefficient (Wildman–Crippen LogP) is 9.14. The van der Waals surface area contributed by atoms with Crippen LogP contribution >= 0.6 is 15.2 Å². The van der Waals surface area contributed by atoms with Crippen molar-refractivity contribution in [2.24, 2.45) is 52.3 Å². The van der Waals surface area contributed by atoms with Gasteiger partial charge < -0.3 is 13.6 Å². The minimum absolute atomic E-state index is 0.150. The van der Waals surface area contributed by atoms with Gasteiger partial charge in [-0.25, -0.2) is 0 Å². The number of rotatable bonds is 9. The van der Waals surface area contributed by atoms with Gasteiger partial charge in [-0.1, -0.05) is 53.9 Å². The van der Waals surface area contributed by atoms with Crippen molar-refractivity contribution in [2.45, 2.75) is 116 Å². The summed E-state index contributed by atoms with van der Waals surface area (Å²) in [6.07, 6.45) is 12.5. The second-order valence-electron chi connectivity index (χ2n) is 14.6. The highest BCUT2D eigenvalue weighted by Gasteiger charge is 2.76. The van der Waals surface area contributed by atoms with Crippen LogP contribution in [0.25, 0.3) is 0 Å². The molecule has 0 N–H and O–H groups in total. The summed E-state index contributed by atoms with van der Waals surface area (Å²) < 4.78 is 51.1. The lowest BCUT2D eigenvalue weighted by atomic mass is 9.44. The number of fused-ring (bicyclic) bond motifs is 8. The van der Waals surface area contributed by atoms with E-state index in [1.54, 1.807) is 0 Å². The van der Waals surface area contributed by atoms with Gasteiger partial charge in [0.1, 0.15) is 0 Å². The van der Waals surface area contributed by atoms with Crippen LogP contribution in [0, 0.1) is 52.3 Å². The SMILES string of the molecule is COP1(=O)O[C@@]2(P(=O)(OC)OC)C[C@@H]3CC[C@H]4[C@@H]5CC[C@H]([C@H](C)CCCC(C)C)[C@@]5(C)CC[C@@H]4[C@@]3(C)[C@@H]1C2. The van der Waals surface area contributed by atoms with Crippen molar-refractivity contribution in [2.75, 3.05) is 21.3 Å². The zero-order valence-corrected chi connectivity index (χ0v) is 27.0. The second kappa shape index (κ2) is 10.2. The Kier molecular flexibility index (Phi) is 8.02. The van der Waals surface area contributed by atoms with Gasteiger partial charge in [-0.05, 0) is 97.2 Å². The summed E-state index contributed by atoms with van der Waals surface area (Å²) in [7, 11) is -2.76. The Hall–Kier alpha value is 0.300. The topological polar surface area (TPSA) is 71.1 Å². The first kappa shape index (κ1) is 29.8. The molecular formula is C30H54O6P2. The molecule has 8 heteroatoms. The van der Waals surface area contributed by atoms with Gasteiger partial charge >= 0.3 is 15.2 Å². The first-order valence-corrected chi connectivity index (χ1v) is 18.6. The van der Waals surface area contributed by atoms with E-state index in [9.17, 15) is 9.13 Å². The van der Waals surface area contributed by atoms with Gasteiger partial charge in [0, 0.05) is 27.8 Å². The van der Waals surface area contributed by atoms with Crippen molar-refractivity contribution < 1.29 is 27.2 Å². The fourth-order valence-corrected chi connectivity index (χ4v) is 16.2. The molecule has 5 fully saturated rings. The lowest BCUT2D eigenvalue weighted by molar-refractivity contribution is -0.121. The van der Waals surface area contributed by atoms with E-state index in [1.807, 2.05) is 0 Å². The minimum atomic E-state index is -3.61. The Morgan fingerprint density at radius 3 is 2.29 bits per heavy atom. The van der Waals surface area contributed by atoms with E-state index in [0.29, 0.717) is 30.1 Å². The zero-order chi connectivity index (χ0) is 27.7. The van der Waals surface area contributed by atoms with Gasteiger partial charge in [0.15, 0.2) is 5.34 Å². The van der Waals surface area contributed by atoms with Crippen molar-refractivity contribution in [1.82, 2.24) is 0 Å². The molecule has 0 radical (unpaired) electrons. The standard InChI is InChI=1S/C30H54O6P2/c1-20(2)10-9-11-21(3)24-14-15-25-23-13-12-22-18-30(38(32,34-7)35-8)19-27(37(31,33-6)36-30)29(22,5)26(23)16-17-28(24,25)4/h20-27H,9-19H2,1-8H3/t21-,22+,23+,24-,25+,26+,27+,28-,29+,30-,37?/m1/s1. The molecule has 220 valence electrons. The molecule has 4 saturated carbocycles. The molecule has 2 bridgehead atoms. The fraction of sp³-hybridized carbons (Fsp3) is 1.00. The first-order chi connectivity index (χ1) is 17.8. The highest BCUT2D eigenvalue weighted by molar-refractivity contribution is 7.59. The molecule has 5 aliphatic rings. The van der Waals surface area contributed by atoms with Gasteiger partial charge in [-0.15, -0.1) is 0 Å². The molecule has 1 aliphatic heterocycles. The van der Waals surface area contributed by atoms with Gasteiger partial charge in [-0.2, -0.15) is 0 Å². The summed E-state index contributed by atoms with van der Waals surface area (Å²) >= 11 is 0. The third-order valence-electron chi connectivity index (χ3n) is 12.9. The maximum Gasteiger partial charge on any atom is 0.362 e. The van der Waals surface area contributed by atoms with Crippen LogP contribution in [0.5, 0.6) is 0 Å². The van der Waals surface area contributed by atoms with Crippen LogP contribution in [0.1, 0.15) is 105 Å². The van der Waals surface area contributed by atoms with Crippen molar-refractivity contribution in [1.29, 1.82) is 0 Å². The van der Waals surface area contributed by atoms with Crippen LogP contribution in [-0.4, -0.2) is 32.3 Å². The quantitative estimate of drug-likeness (QED) is 0.257. The zero-order valence-electron chi connectivity index (χ0n) is 25.2. The molecule has 0 aromatic rings. The van der Waals surface area contributed by atoms with Crippen LogP contribution < -0.4 is 0 Å². The Balaban J connectivity index is 1.42. The molecule has 1 heterocycles.